The van der Waals surface area contributed by atoms with E-state index in [4.69, 9.17) is 0 Å². The van der Waals surface area contributed by atoms with E-state index in [0.717, 1.165) is 0 Å². The van der Waals surface area contributed by atoms with E-state index in [1.54, 1.807) is 30.3 Å². The number of carbonyl (C=O) groups is 2. The predicted molar refractivity (Wildman–Crippen MR) is 56.2 cm³/mol. The zero-order valence-corrected chi connectivity index (χ0v) is 8.19. The highest BCUT2D eigenvalue weighted by Crippen LogP contribution is 2.11. The van der Waals surface area contributed by atoms with Crippen LogP contribution in [-0.4, -0.2) is 11.7 Å². The Bertz CT molecular complexity index is 421. The van der Waals surface area contributed by atoms with Gasteiger partial charge in [-0.15, -0.1) is 0 Å². The van der Waals surface area contributed by atoms with Crippen molar-refractivity contribution in [2.24, 2.45) is 0 Å². The Morgan fingerprint density at radius 3 is 2.60 bits per heavy atom. The third kappa shape index (κ3) is 2.13. The molecule has 0 saturated heterocycles. The highest BCUT2D eigenvalue weighted by Gasteiger charge is 2.17. The Balaban J connectivity index is 2.22. The molecular formula is C12H11NO2. The molecule has 1 aromatic rings. The van der Waals surface area contributed by atoms with Crippen LogP contribution in [0.4, 0.5) is 0 Å². The van der Waals surface area contributed by atoms with Crippen molar-refractivity contribution in [1.29, 1.82) is 0 Å². The average molecular weight is 201 g/mol. The maximum atomic E-state index is 11.9. The van der Waals surface area contributed by atoms with Gasteiger partial charge in [0, 0.05) is 12.0 Å². The lowest BCUT2D eigenvalue weighted by atomic mass is 10.0. The number of allylic oxidation sites excluding steroid dienone is 2. The largest absolute Gasteiger partial charge is 0.323 e. The lowest BCUT2D eigenvalue weighted by Crippen LogP contribution is -2.30. The zero-order chi connectivity index (χ0) is 10.7. The Labute approximate surface area is 87.8 Å². The number of rotatable bonds is 2. The molecule has 0 bridgehead atoms. The van der Waals surface area contributed by atoms with Crippen LogP contribution in [0.2, 0.25) is 0 Å². The van der Waals surface area contributed by atoms with E-state index in [9.17, 15) is 9.59 Å². The van der Waals surface area contributed by atoms with E-state index in [0.29, 0.717) is 24.1 Å². The van der Waals surface area contributed by atoms with Crippen molar-refractivity contribution in [2.75, 3.05) is 0 Å². The van der Waals surface area contributed by atoms with Crippen molar-refractivity contribution in [2.45, 2.75) is 12.8 Å². The summed E-state index contributed by atoms with van der Waals surface area (Å²) >= 11 is 0. The number of amides is 1. The van der Waals surface area contributed by atoms with Gasteiger partial charge in [-0.3, -0.25) is 9.59 Å². The summed E-state index contributed by atoms with van der Waals surface area (Å²) in [5.41, 5.74) is 1.00. The second kappa shape index (κ2) is 4.09. The fourth-order valence-corrected chi connectivity index (χ4v) is 1.51. The average Bonchev–Trinajstić information content (AvgIpc) is 2.29. The summed E-state index contributed by atoms with van der Waals surface area (Å²) in [5, 5.41) is 2.59. The molecule has 0 aliphatic carbocycles. The SMILES string of the molecule is O=C1CCC=C(C(=O)c2ccccc2)N1. The van der Waals surface area contributed by atoms with Gasteiger partial charge in [-0.2, -0.15) is 0 Å². The van der Waals surface area contributed by atoms with Crippen molar-refractivity contribution in [1.82, 2.24) is 5.32 Å². The van der Waals surface area contributed by atoms with Crippen molar-refractivity contribution in [3.8, 4) is 0 Å². The van der Waals surface area contributed by atoms with Gasteiger partial charge in [0.1, 0.15) is 0 Å². The highest BCUT2D eigenvalue weighted by molar-refractivity contribution is 6.10. The number of Topliss-reactive ketones (excluding diaryl/α,β-unsaturated/α-hetero) is 1. The van der Waals surface area contributed by atoms with Crippen LogP contribution in [0, 0.1) is 0 Å². The smallest absolute Gasteiger partial charge is 0.224 e. The van der Waals surface area contributed by atoms with E-state index in [1.165, 1.54) is 0 Å². The van der Waals surface area contributed by atoms with Gasteiger partial charge < -0.3 is 5.32 Å². The van der Waals surface area contributed by atoms with Gasteiger partial charge in [-0.1, -0.05) is 36.4 Å². The molecule has 0 unspecified atom stereocenters. The standard InChI is InChI=1S/C12H11NO2/c14-11-8-4-7-10(13-11)12(15)9-5-2-1-3-6-9/h1-3,5-7H,4,8H2,(H,13,14). The minimum absolute atomic E-state index is 0.0863. The van der Waals surface area contributed by atoms with Crippen LogP contribution in [0.25, 0.3) is 0 Å². The third-order valence-electron chi connectivity index (χ3n) is 2.27. The second-order valence-corrected chi connectivity index (χ2v) is 3.40. The van der Waals surface area contributed by atoms with Gasteiger partial charge in [-0.05, 0) is 6.42 Å². The zero-order valence-electron chi connectivity index (χ0n) is 8.19. The van der Waals surface area contributed by atoms with E-state index in [1.807, 2.05) is 6.07 Å². The van der Waals surface area contributed by atoms with Crippen molar-refractivity contribution in [3.05, 3.63) is 47.7 Å². The Hall–Kier alpha value is -1.90. The second-order valence-electron chi connectivity index (χ2n) is 3.40. The number of nitrogens with one attached hydrogen (secondary N) is 1. The van der Waals surface area contributed by atoms with Gasteiger partial charge in [0.2, 0.25) is 11.7 Å². The maximum absolute atomic E-state index is 11.9. The Kier molecular flexibility index (Phi) is 2.63. The molecule has 15 heavy (non-hydrogen) atoms. The van der Waals surface area contributed by atoms with E-state index >= 15 is 0 Å². The first-order valence-corrected chi connectivity index (χ1v) is 4.87. The summed E-state index contributed by atoms with van der Waals surface area (Å²) < 4.78 is 0. The van der Waals surface area contributed by atoms with Crippen LogP contribution < -0.4 is 5.32 Å². The van der Waals surface area contributed by atoms with E-state index < -0.39 is 0 Å². The molecule has 1 aromatic carbocycles. The summed E-state index contributed by atoms with van der Waals surface area (Å²) in [7, 11) is 0. The monoisotopic (exact) mass is 201 g/mol. The lowest BCUT2D eigenvalue weighted by molar-refractivity contribution is -0.120. The number of hydrogen-bond donors (Lipinski definition) is 1. The van der Waals surface area contributed by atoms with E-state index in [-0.39, 0.29) is 11.7 Å². The molecule has 1 amide bonds. The van der Waals surface area contributed by atoms with Crippen LogP contribution in [0.3, 0.4) is 0 Å². The topological polar surface area (TPSA) is 46.2 Å². The first kappa shape index (κ1) is 9.65. The maximum Gasteiger partial charge on any atom is 0.224 e. The number of carbonyl (C=O) groups excluding carboxylic acids is 2. The first-order chi connectivity index (χ1) is 7.27. The van der Waals surface area contributed by atoms with Gasteiger partial charge in [-0.25, -0.2) is 0 Å². The molecule has 1 aliphatic heterocycles. The minimum atomic E-state index is -0.122. The molecule has 3 nitrogen and oxygen atoms in total. The van der Waals surface area contributed by atoms with E-state index in [2.05, 4.69) is 5.32 Å². The van der Waals surface area contributed by atoms with Crippen molar-refractivity contribution >= 4 is 11.7 Å². The fourth-order valence-electron chi connectivity index (χ4n) is 1.51. The molecule has 1 N–H and O–H groups in total. The van der Waals surface area contributed by atoms with Crippen molar-refractivity contribution in [3.63, 3.8) is 0 Å². The van der Waals surface area contributed by atoms with Crippen LogP contribution in [0.5, 0.6) is 0 Å². The molecule has 0 fully saturated rings. The molecule has 0 spiro atoms. The summed E-state index contributed by atoms with van der Waals surface area (Å²) in [6, 6.07) is 8.94. The van der Waals surface area contributed by atoms with Gasteiger partial charge in [0.05, 0.1) is 5.70 Å². The molecule has 76 valence electrons. The molecule has 1 heterocycles. The fraction of sp³-hybridized carbons (Fsp3) is 0.167. The summed E-state index contributed by atoms with van der Waals surface area (Å²) in [6.45, 7) is 0. The molecule has 0 radical (unpaired) electrons. The van der Waals surface area contributed by atoms with Crippen LogP contribution in [0.1, 0.15) is 23.2 Å². The third-order valence-corrected chi connectivity index (χ3v) is 2.27. The Morgan fingerprint density at radius 1 is 1.20 bits per heavy atom. The summed E-state index contributed by atoms with van der Waals surface area (Å²) in [5.74, 6) is -0.208. The van der Waals surface area contributed by atoms with Crippen LogP contribution in [-0.2, 0) is 4.79 Å². The minimum Gasteiger partial charge on any atom is -0.323 e. The first-order valence-electron chi connectivity index (χ1n) is 4.87. The normalized spacial score (nSPS) is 15.5. The van der Waals surface area contributed by atoms with Gasteiger partial charge >= 0.3 is 0 Å². The molecule has 2 rings (SSSR count). The van der Waals surface area contributed by atoms with Crippen molar-refractivity contribution < 1.29 is 9.59 Å². The van der Waals surface area contributed by atoms with Crippen LogP contribution in [0.15, 0.2) is 42.1 Å². The number of hydrogen-bond acceptors (Lipinski definition) is 2. The molecule has 3 heteroatoms. The molecule has 0 saturated carbocycles. The number of benzene rings is 1. The molecule has 0 atom stereocenters. The van der Waals surface area contributed by atoms with Gasteiger partial charge in [0.25, 0.3) is 0 Å². The quantitative estimate of drug-likeness (QED) is 0.740. The summed E-state index contributed by atoms with van der Waals surface area (Å²) in [6.07, 6.45) is 2.88. The van der Waals surface area contributed by atoms with Gasteiger partial charge in [0.15, 0.2) is 0 Å². The Morgan fingerprint density at radius 2 is 1.93 bits per heavy atom. The molecule has 1 aliphatic rings. The predicted octanol–water partition coefficient (Wildman–Crippen LogP) is 1.66. The van der Waals surface area contributed by atoms with Crippen LogP contribution >= 0.6 is 0 Å². The molecule has 0 aromatic heterocycles. The molecular weight excluding hydrogens is 190 g/mol. The summed E-state index contributed by atoms with van der Waals surface area (Å²) in [4.78, 5) is 23.0. The number of ketones is 1. The highest BCUT2D eigenvalue weighted by atomic mass is 16.2. The lowest BCUT2D eigenvalue weighted by Gasteiger charge is -2.12.